The zero-order valence-corrected chi connectivity index (χ0v) is 12.2. The van der Waals surface area contributed by atoms with Crippen molar-refractivity contribution in [3.05, 3.63) is 35.4 Å². The molecular weight excluding hydrogens is 254 g/mol. The first kappa shape index (κ1) is 15.0. The van der Waals surface area contributed by atoms with Crippen LogP contribution in [0, 0.1) is 0 Å². The highest BCUT2D eigenvalue weighted by molar-refractivity contribution is 5.72. The summed E-state index contributed by atoms with van der Waals surface area (Å²) >= 11 is 0. The number of aliphatic carboxylic acids is 1. The summed E-state index contributed by atoms with van der Waals surface area (Å²) in [4.78, 5) is 13.3. The summed E-state index contributed by atoms with van der Waals surface area (Å²) in [5, 5.41) is 9.10. The highest BCUT2D eigenvalue weighted by Crippen LogP contribution is 2.26. The fraction of sp³-hybridized carbons (Fsp3) is 0.562. The van der Waals surface area contributed by atoms with Gasteiger partial charge in [0, 0.05) is 19.1 Å². The number of hydrogen-bond acceptors (Lipinski definition) is 3. The van der Waals surface area contributed by atoms with Crippen LogP contribution in [0.5, 0.6) is 0 Å². The predicted octanol–water partition coefficient (Wildman–Crippen LogP) is 2.49. The second kappa shape index (κ2) is 6.86. The van der Waals surface area contributed by atoms with E-state index in [1.807, 2.05) is 0 Å². The molecule has 0 saturated carbocycles. The molecule has 110 valence electrons. The van der Waals surface area contributed by atoms with Gasteiger partial charge in [0.2, 0.25) is 0 Å². The predicted molar refractivity (Wildman–Crippen MR) is 77.8 cm³/mol. The zero-order chi connectivity index (χ0) is 14.5. The van der Waals surface area contributed by atoms with Crippen molar-refractivity contribution in [2.45, 2.75) is 38.8 Å². The molecule has 20 heavy (non-hydrogen) atoms. The van der Waals surface area contributed by atoms with Crippen molar-refractivity contribution < 1.29 is 14.6 Å². The topological polar surface area (TPSA) is 49.8 Å². The monoisotopic (exact) mass is 277 g/mol. The Kier molecular flexibility index (Phi) is 5.15. The Balaban J connectivity index is 2.12. The van der Waals surface area contributed by atoms with Crippen LogP contribution in [-0.4, -0.2) is 41.8 Å². The van der Waals surface area contributed by atoms with Gasteiger partial charge in [0.15, 0.2) is 6.10 Å². The third-order valence-corrected chi connectivity index (χ3v) is 3.97. The molecule has 2 unspecified atom stereocenters. The van der Waals surface area contributed by atoms with Gasteiger partial charge in [0.25, 0.3) is 0 Å². The number of carbonyl (C=O) groups is 1. The quantitative estimate of drug-likeness (QED) is 0.898. The maximum atomic E-state index is 11.1. The molecule has 1 saturated heterocycles. The van der Waals surface area contributed by atoms with Gasteiger partial charge in [0.05, 0.1) is 6.61 Å². The first-order chi connectivity index (χ1) is 9.65. The van der Waals surface area contributed by atoms with E-state index >= 15 is 0 Å². The highest BCUT2D eigenvalue weighted by Gasteiger charge is 2.30. The Morgan fingerprint density at radius 1 is 1.40 bits per heavy atom. The molecule has 1 N–H and O–H groups in total. The maximum Gasteiger partial charge on any atom is 0.334 e. The maximum absolute atomic E-state index is 11.1. The third-order valence-electron chi connectivity index (χ3n) is 3.97. The molecule has 1 aromatic rings. The summed E-state index contributed by atoms with van der Waals surface area (Å²) in [6.07, 6.45) is 1.31. The number of aryl methyl sites for hydroxylation is 1. The molecule has 0 amide bonds. The van der Waals surface area contributed by atoms with Crippen LogP contribution < -0.4 is 0 Å². The fourth-order valence-corrected chi connectivity index (χ4v) is 2.78. The molecule has 0 radical (unpaired) electrons. The molecule has 0 spiro atoms. The number of benzene rings is 1. The molecule has 1 aliphatic heterocycles. The molecule has 0 bridgehead atoms. The zero-order valence-electron chi connectivity index (χ0n) is 12.2. The number of ether oxygens (including phenoxy) is 1. The van der Waals surface area contributed by atoms with Crippen LogP contribution in [0.25, 0.3) is 0 Å². The first-order valence-corrected chi connectivity index (χ1v) is 7.33. The van der Waals surface area contributed by atoms with Crippen molar-refractivity contribution in [1.29, 1.82) is 0 Å². The van der Waals surface area contributed by atoms with Gasteiger partial charge in [-0.25, -0.2) is 4.79 Å². The highest BCUT2D eigenvalue weighted by atomic mass is 16.5. The summed E-state index contributed by atoms with van der Waals surface area (Å²) in [7, 11) is 0. The van der Waals surface area contributed by atoms with Crippen LogP contribution >= 0.6 is 0 Å². The minimum absolute atomic E-state index is 0.270. The van der Waals surface area contributed by atoms with E-state index in [4.69, 9.17) is 9.84 Å². The summed E-state index contributed by atoms with van der Waals surface area (Å²) < 4.78 is 5.30. The van der Waals surface area contributed by atoms with E-state index in [0.717, 1.165) is 19.4 Å². The lowest BCUT2D eigenvalue weighted by Crippen LogP contribution is -2.47. The molecule has 0 aliphatic carbocycles. The lowest BCUT2D eigenvalue weighted by Gasteiger charge is -2.36. The summed E-state index contributed by atoms with van der Waals surface area (Å²) in [5.74, 6) is -0.870. The SMILES string of the molecule is CCc1ccc(C(CC)N2CCOC(C(=O)O)C2)cc1. The molecule has 1 aliphatic rings. The minimum Gasteiger partial charge on any atom is -0.479 e. The van der Waals surface area contributed by atoms with Crippen LogP contribution in [0.3, 0.4) is 0 Å². The summed E-state index contributed by atoms with van der Waals surface area (Å²) in [6, 6.07) is 8.92. The lowest BCUT2D eigenvalue weighted by atomic mass is 9.99. The Labute approximate surface area is 120 Å². The van der Waals surface area contributed by atoms with E-state index in [1.165, 1.54) is 11.1 Å². The third kappa shape index (κ3) is 3.38. The van der Waals surface area contributed by atoms with Gasteiger partial charge in [-0.1, -0.05) is 38.1 Å². The average Bonchev–Trinajstić information content (AvgIpc) is 2.49. The molecule has 2 rings (SSSR count). The molecule has 0 aromatic heterocycles. The van der Waals surface area contributed by atoms with E-state index in [9.17, 15) is 4.79 Å². The van der Waals surface area contributed by atoms with Crippen molar-refractivity contribution in [3.8, 4) is 0 Å². The number of carboxylic acids is 1. The fourth-order valence-electron chi connectivity index (χ4n) is 2.78. The van der Waals surface area contributed by atoms with Gasteiger partial charge >= 0.3 is 5.97 Å². The summed E-state index contributed by atoms with van der Waals surface area (Å²) in [6.45, 7) is 6.02. The van der Waals surface area contributed by atoms with Gasteiger partial charge in [-0.15, -0.1) is 0 Å². The Morgan fingerprint density at radius 2 is 2.10 bits per heavy atom. The van der Waals surface area contributed by atoms with Crippen molar-refractivity contribution in [2.24, 2.45) is 0 Å². The Morgan fingerprint density at radius 3 is 2.65 bits per heavy atom. The molecule has 1 fully saturated rings. The van der Waals surface area contributed by atoms with Gasteiger partial charge in [0.1, 0.15) is 0 Å². The van der Waals surface area contributed by atoms with Gasteiger partial charge < -0.3 is 9.84 Å². The molecule has 1 heterocycles. The second-order valence-corrected chi connectivity index (χ2v) is 5.21. The standard InChI is InChI=1S/C16H23NO3/c1-3-12-5-7-13(8-6-12)14(4-2)17-9-10-20-15(11-17)16(18)19/h5-8,14-15H,3-4,9-11H2,1-2H3,(H,18,19). The van der Waals surface area contributed by atoms with E-state index < -0.39 is 12.1 Å². The van der Waals surface area contributed by atoms with Crippen molar-refractivity contribution >= 4 is 5.97 Å². The molecule has 2 atom stereocenters. The summed E-state index contributed by atoms with van der Waals surface area (Å²) in [5.41, 5.74) is 2.59. The second-order valence-electron chi connectivity index (χ2n) is 5.21. The van der Waals surface area contributed by atoms with Crippen LogP contribution in [0.15, 0.2) is 24.3 Å². The molecule has 4 nitrogen and oxygen atoms in total. The van der Waals surface area contributed by atoms with E-state index in [-0.39, 0.29) is 6.04 Å². The van der Waals surface area contributed by atoms with Gasteiger partial charge in [-0.2, -0.15) is 0 Å². The van der Waals surface area contributed by atoms with E-state index in [1.54, 1.807) is 0 Å². The molecule has 4 heteroatoms. The number of rotatable bonds is 5. The number of nitrogens with zero attached hydrogens (tertiary/aromatic N) is 1. The number of carboxylic acid groups (broad SMARTS) is 1. The smallest absolute Gasteiger partial charge is 0.334 e. The largest absolute Gasteiger partial charge is 0.479 e. The first-order valence-electron chi connectivity index (χ1n) is 7.33. The minimum atomic E-state index is -0.870. The van der Waals surface area contributed by atoms with Crippen LogP contribution in [0.2, 0.25) is 0 Å². The average molecular weight is 277 g/mol. The van der Waals surface area contributed by atoms with Gasteiger partial charge in [-0.05, 0) is 24.0 Å². The molecular formula is C16H23NO3. The Hall–Kier alpha value is -1.39. The Bertz CT molecular complexity index is 444. The normalized spacial score (nSPS) is 21.6. The van der Waals surface area contributed by atoms with Gasteiger partial charge in [-0.3, -0.25) is 4.90 Å². The number of hydrogen-bond donors (Lipinski definition) is 1. The van der Waals surface area contributed by atoms with Crippen molar-refractivity contribution in [2.75, 3.05) is 19.7 Å². The van der Waals surface area contributed by atoms with Crippen molar-refractivity contribution in [1.82, 2.24) is 4.90 Å². The van der Waals surface area contributed by atoms with Crippen LogP contribution in [0.1, 0.15) is 37.4 Å². The van der Waals surface area contributed by atoms with E-state index in [0.29, 0.717) is 13.2 Å². The van der Waals surface area contributed by atoms with Crippen LogP contribution in [0.4, 0.5) is 0 Å². The van der Waals surface area contributed by atoms with E-state index in [2.05, 4.69) is 43.0 Å². The lowest BCUT2D eigenvalue weighted by molar-refractivity contribution is -0.157. The number of morpholine rings is 1. The van der Waals surface area contributed by atoms with Crippen molar-refractivity contribution in [3.63, 3.8) is 0 Å². The van der Waals surface area contributed by atoms with Crippen LogP contribution in [-0.2, 0) is 16.0 Å². The molecule has 1 aromatic carbocycles.